The number of ether oxygens (including phenoxy) is 4. The van der Waals surface area contributed by atoms with Crippen LogP contribution in [-0.4, -0.2) is 40.8 Å². The molecule has 0 fully saturated rings. The van der Waals surface area contributed by atoms with E-state index < -0.39 is 16.0 Å². The molecule has 1 heterocycles. The Hall–Kier alpha value is -3.43. The van der Waals surface area contributed by atoms with Gasteiger partial charge >= 0.3 is 5.97 Å². The maximum atomic E-state index is 12.7. The zero-order valence-electron chi connectivity index (χ0n) is 17.3. The second kappa shape index (κ2) is 10.0. The van der Waals surface area contributed by atoms with Gasteiger partial charge in [-0.05, 0) is 54.6 Å². The van der Waals surface area contributed by atoms with Crippen molar-refractivity contribution in [2.45, 2.75) is 4.90 Å². The number of anilines is 1. The number of halogens is 1. The third-order valence-electron chi connectivity index (χ3n) is 4.58. The van der Waals surface area contributed by atoms with Gasteiger partial charge in [-0.15, -0.1) is 0 Å². The van der Waals surface area contributed by atoms with Crippen LogP contribution in [0.4, 0.5) is 5.69 Å². The normalized spacial score (nSPS) is 12.6. The van der Waals surface area contributed by atoms with E-state index in [0.717, 1.165) is 0 Å². The highest BCUT2D eigenvalue weighted by Crippen LogP contribution is 2.32. The molecule has 1 N–H and O–H groups in total. The molecule has 0 atom stereocenters. The van der Waals surface area contributed by atoms with Crippen molar-refractivity contribution in [1.82, 2.24) is 0 Å². The standard InChI is InChI=1S/C23H20ClNO7S/c24-17-2-1-3-19(14-17)29-10-13-32-23(26)16-4-6-18(7-5-16)25-33(27,28)20-8-9-21-22(15-20)31-12-11-30-21/h1-9,14-15,25H,10-13H2. The number of hydrogen-bond donors (Lipinski definition) is 1. The molecule has 4 rings (SSSR count). The predicted octanol–water partition coefficient (Wildman–Crippen LogP) is 4.15. The summed E-state index contributed by atoms with van der Waals surface area (Å²) in [6, 6.07) is 17.2. The highest BCUT2D eigenvalue weighted by atomic mass is 35.5. The molecule has 1 aliphatic rings. The van der Waals surface area contributed by atoms with Gasteiger partial charge in [0.1, 0.15) is 32.2 Å². The summed E-state index contributed by atoms with van der Waals surface area (Å²) in [5.74, 6) is 0.904. The summed E-state index contributed by atoms with van der Waals surface area (Å²) in [5, 5.41) is 0.550. The number of nitrogens with one attached hydrogen (secondary N) is 1. The van der Waals surface area contributed by atoms with Gasteiger partial charge in [0.15, 0.2) is 11.5 Å². The molecule has 0 saturated carbocycles. The van der Waals surface area contributed by atoms with Gasteiger partial charge in [-0.2, -0.15) is 0 Å². The van der Waals surface area contributed by atoms with Crippen LogP contribution in [0.3, 0.4) is 0 Å². The first kappa shape index (κ1) is 22.8. The Morgan fingerprint density at radius 2 is 1.70 bits per heavy atom. The molecular formula is C23H20ClNO7S. The van der Waals surface area contributed by atoms with Crippen molar-refractivity contribution in [2.24, 2.45) is 0 Å². The molecule has 3 aromatic rings. The van der Waals surface area contributed by atoms with Crippen LogP contribution in [0.15, 0.2) is 71.6 Å². The van der Waals surface area contributed by atoms with E-state index in [4.69, 9.17) is 30.5 Å². The number of sulfonamides is 1. The molecule has 172 valence electrons. The fourth-order valence-electron chi connectivity index (χ4n) is 3.01. The summed E-state index contributed by atoms with van der Waals surface area (Å²) in [6.07, 6.45) is 0. The minimum atomic E-state index is -3.85. The van der Waals surface area contributed by atoms with E-state index in [2.05, 4.69) is 4.72 Å². The zero-order valence-corrected chi connectivity index (χ0v) is 18.9. The van der Waals surface area contributed by atoms with Crippen LogP contribution in [0.5, 0.6) is 17.2 Å². The molecule has 0 bridgehead atoms. The SMILES string of the molecule is O=C(OCCOc1cccc(Cl)c1)c1ccc(NS(=O)(=O)c2ccc3c(c2)OCCO3)cc1. The number of carbonyl (C=O) groups excluding carboxylic acids is 1. The van der Waals surface area contributed by atoms with Crippen molar-refractivity contribution >= 4 is 33.3 Å². The third kappa shape index (κ3) is 5.88. The first-order chi connectivity index (χ1) is 15.9. The number of fused-ring (bicyclic) bond motifs is 1. The van der Waals surface area contributed by atoms with E-state index in [1.165, 1.54) is 36.4 Å². The second-order valence-corrected chi connectivity index (χ2v) is 9.05. The lowest BCUT2D eigenvalue weighted by atomic mass is 10.2. The summed E-state index contributed by atoms with van der Waals surface area (Å²) in [7, 11) is -3.85. The van der Waals surface area contributed by atoms with E-state index in [0.29, 0.717) is 41.2 Å². The molecule has 0 saturated heterocycles. The van der Waals surface area contributed by atoms with Gasteiger partial charge in [-0.25, -0.2) is 13.2 Å². The van der Waals surface area contributed by atoms with E-state index in [9.17, 15) is 13.2 Å². The largest absolute Gasteiger partial charge is 0.490 e. The minimum absolute atomic E-state index is 0.0370. The molecule has 0 unspecified atom stereocenters. The predicted molar refractivity (Wildman–Crippen MR) is 122 cm³/mol. The fourth-order valence-corrected chi connectivity index (χ4v) is 4.27. The van der Waals surface area contributed by atoms with Crippen LogP contribution in [0.1, 0.15) is 10.4 Å². The maximum Gasteiger partial charge on any atom is 0.338 e. The summed E-state index contributed by atoms with van der Waals surface area (Å²) in [6.45, 7) is 0.985. The summed E-state index contributed by atoms with van der Waals surface area (Å²) in [4.78, 5) is 12.2. The number of hydrogen-bond acceptors (Lipinski definition) is 7. The van der Waals surface area contributed by atoms with Gasteiger partial charge in [0.2, 0.25) is 0 Å². The van der Waals surface area contributed by atoms with Crippen LogP contribution in [0, 0.1) is 0 Å². The lowest BCUT2D eigenvalue weighted by molar-refractivity contribution is 0.0450. The molecule has 10 heteroatoms. The van der Waals surface area contributed by atoms with Crippen LogP contribution in [0.2, 0.25) is 5.02 Å². The average Bonchev–Trinajstić information content (AvgIpc) is 2.81. The molecule has 0 aliphatic carbocycles. The molecule has 0 aromatic heterocycles. The third-order valence-corrected chi connectivity index (χ3v) is 6.19. The molecular weight excluding hydrogens is 470 g/mol. The molecule has 8 nitrogen and oxygen atoms in total. The Morgan fingerprint density at radius 3 is 2.45 bits per heavy atom. The van der Waals surface area contributed by atoms with Crippen LogP contribution >= 0.6 is 11.6 Å². The van der Waals surface area contributed by atoms with Gasteiger partial charge in [0.05, 0.1) is 10.5 Å². The summed E-state index contributed by atoms with van der Waals surface area (Å²) in [5.41, 5.74) is 0.575. The van der Waals surface area contributed by atoms with Crippen molar-refractivity contribution in [3.63, 3.8) is 0 Å². The van der Waals surface area contributed by atoms with Crippen molar-refractivity contribution < 1.29 is 32.2 Å². The highest BCUT2D eigenvalue weighted by Gasteiger charge is 2.19. The lowest BCUT2D eigenvalue weighted by Gasteiger charge is -2.19. The Bertz CT molecular complexity index is 1250. The first-order valence-corrected chi connectivity index (χ1v) is 11.8. The topological polar surface area (TPSA) is 100 Å². The van der Waals surface area contributed by atoms with Gasteiger partial charge in [-0.3, -0.25) is 4.72 Å². The lowest BCUT2D eigenvalue weighted by Crippen LogP contribution is -2.17. The second-order valence-electron chi connectivity index (χ2n) is 6.93. The molecule has 0 spiro atoms. The van der Waals surface area contributed by atoms with Crippen molar-refractivity contribution in [1.29, 1.82) is 0 Å². The molecule has 33 heavy (non-hydrogen) atoms. The van der Waals surface area contributed by atoms with E-state index in [1.54, 1.807) is 30.3 Å². The quantitative estimate of drug-likeness (QED) is 0.375. The summed E-state index contributed by atoms with van der Waals surface area (Å²) >= 11 is 5.89. The Labute approximate surface area is 196 Å². The van der Waals surface area contributed by atoms with E-state index >= 15 is 0 Å². The number of benzene rings is 3. The average molecular weight is 490 g/mol. The van der Waals surface area contributed by atoms with Gasteiger partial charge in [-0.1, -0.05) is 17.7 Å². The van der Waals surface area contributed by atoms with Crippen LogP contribution < -0.4 is 18.9 Å². The number of rotatable bonds is 8. The summed E-state index contributed by atoms with van der Waals surface area (Å²) < 4.78 is 49.4. The van der Waals surface area contributed by atoms with Crippen LogP contribution in [0.25, 0.3) is 0 Å². The maximum absolute atomic E-state index is 12.7. The number of carbonyl (C=O) groups is 1. The monoisotopic (exact) mass is 489 g/mol. The molecule has 0 radical (unpaired) electrons. The fraction of sp³-hybridized carbons (Fsp3) is 0.174. The smallest absolute Gasteiger partial charge is 0.338 e. The molecule has 1 aliphatic heterocycles. The van der Waals surface area contributed by atoms with E-state index in [-0.39, 0.29) is 23.7 Å². The molecule has 0 amide bonds. The van der Waals surface area contributed by atoms with Gasteiger partial charge in [0, 0.05) is 16.8 Å². The number of esters is 1. The van der Waals surface area contributed by atoms with E-state index in [1.807, 2.05) is 0 Å². The highest BCUT2D eigenvalue weighted by molar-refractivity contribution is 7.92. The molecule has 3 aromatic carbocycles. The Morgan fingerprint density at radius 1 is 0.939 bits per heavy atom. The first-order valence-electron chi connectivity index (χ1n) is 9.99. The Kier molecular flexibility index (Phi) is 6.90. The zero-order chi connectivity index (χ0) is 23.3. The van der Waals surface area contributed by atoms with Gasteiger partial charge < -0.3 is 18.9 Å². The Balaban J connectivity index is 1.31. The van der Waals surface area contributed by atoms with Crippen molar-refractivity contribution in [3.05, 3.63) is 77.3 Å². The van der Waals surface area contributed by atoms with Crippen molar-refractivity contribution in [3.8, 4) is 17.2 Å². The van der Waals surface area contributed by atoms with Crippen LogP contribution in [-0.2, 0) is 14.8 Å². The van der Waals surface area contributed by atoms with Gasteiger partial charge in [0.25, 0.3) is 10.0 Å². The minimum Gasteiger partial charge on any atom is -0.490 e. The van der Waals surface area contributed by atoms with Crippen molar-refractivity contribution in [2.75, 3.05) is 31.1 Å².